The second-order valence-electron chi connectivity index (χ2n) is 14.9. The Bertz CT molecular complexity index is 846. The first-order chi connectivity index (χ1) is 19.0. The number of esters is 1. The van der Waals surface area contributed by atoms with E-state index < -0.39 is 19.9 Å². The fourth-order valence-electron chi connectivity index (χ4n) is 7.55. The van der Waals surface area contributed by atoms with Crippen LogP contribution in [0.25, 0.3) is 0 Å². The number of ether oxygens (including phenoxy) is 1. The Morgan fingerprint density at radius 2 is 1.43 bits per heavy atom. The van der Waals surface area contributed by atoms with Gasteiger partial charge in [-0.15, -0.1) is 0 Å². The molecule has 1 saturated heterocycles. The number of hydrogen-bond acceptors (Lipinski definition) is 7. The van der Waals surface area contributed by atoms with Crippen LogP contribution in [0.3, 0.4) is 0 Å². The Labute approximate surface area is 243 Å². The van der Waals surface area contributed by atoms with Gasteiger partial charge in [0.2, 0.25) is 11.6 Å². The number of rotatable bonds is 11. The largest absolute Gasteiger partial charge is 0.465 e. The quantitative estimate of drug-likeness (QED) is 0.0808. The van der Waals surface area contributed by atoms with Crippen LogP contribution in [0.5, 0.6) is 0 Å². The summed E-state index contributed by atoms with van der Waals surface area (Å²) in [5, 5.41) is 0.276. The summed E-state index contributed by atoms with van der Waals surface area (Å²) in [6, 6.07) is 0. The molecule has 0 amide bonds. The first-order valence-electron chi connectivity index (χ1n) is 16.2. The molecule has 0 radical (unpaired) electrons. The summed E-state index contributed by atoms with van der Waals surface area (Å²) in [5.74, 6) is 0.527. The first kappa shape index (κ1) is 30.7. The summed E-state index contributed by atoms with van der Waals surface area (Å²) in [4.78, 5) is 36.9. The molecule has 0 unspecified atom stereocenters. The first-order valence-corrected chi connectivity index (χ1v) is 19.1. The zero-order valence-corrected chi connectivity index (χ0v) is 26.7. The molecule has 0 aromatic rings. The Morgan fingerprint density at radius 3 is 2.02 bits per heavy atom. The van der Waals surface area contributed by atoms with E-state index in [1.54, 1.807) is 0 Å². The van der Waals surface area contributed by atoms with Crippen LogP contribution in [-0.4, -0.2) is 39.1 Å². The maximum atomic E-state index is 12.6. The van der Waals surface area contributed by atoms with Crippen molar-refractivity contribution in [1.82, 2.24) is 0 Å². The zero-order chi connectivity index (χ0) is 28.4. The van der Waals surface area contributed by atoms with Gasteiger partial charge in [-0.1, -0.05) is 39.3 Å². The van der Waals surface area contributed by atoms with E-state index in [0.29, 0.717) is 44.1 Å². The molecule has 40 heavy (non-hydrogen) atoms. The lowest BCUT2D eigenvalue weighted by Gasteiger charge is -2.60. The van der Waals surface area contributed by atoms with Crippen molar-refractivity contribution in [2.45, 2.75) is 140 Å². The van der Waals surface area contributed by atoms with Crippen molar-refractivity contribution in [3.63, 3.8) is 0 Å². The summed E-state index contributed by atoms with van der Waals surface area (Å²) in [5.41, 5.74) is 0. The van der Waals surface area contributed by atoms with Gasteiger partial charge in [0.1, 0.15) is 0 Å². The summed E-state index contributed by atoms with van der Waals surface area (Å²) in [6.07, 6.45) is 18.1. The number of allylic oxidation sites excluding steroid dienone is 1. The van der Waals surface area contributed by atoms with Crippen molar-refractivity contribution < 1.29 is 33.5 Å². The molecule has 0 atom stereocenters. The molecule has 0 aromatic heterocycles. The lowest BCUT2D eigenvalue weighted by atomic mass is 9.53. The Balaban J connectivity index is 0.913. The maximum absolute atomic E-state index is 12.6. The third-order valence-electron chi connectivity index (χ3n) is 11.0. The van der Waals surface area contributed by atoms with Gasteiger partial charge >= 0.3 is 5.97 Å². The highest BCUT2D eigenvalue weighted by Crippen LogP contribution is 2.62. The van der Waals surface area contributed by atoms with Gasteiger partial charge in [0.25, 0.3) is 0 Å². The van der Waals surface area contributed by atoms with E-state index in [2.05, 4.69) is 46.0 Å². The fourth-order valence-corrected chi connectivity index (χ4v) is 8.64. The molecule has 8 heteroatoms. The van der Waals surface area contributed by atoms with Crippen LogP contribution < -0.4 is 0 Å². The van der Waals surface area contributed by atoms with Crippen LogP contribution in [0.15, 0.2) is 12.2 Å². The fraction of sp³-hybridized carbons (Fsp3) is 0.906. The minimum Gasteiger partial charge on any atom is -0.465 e. The highest BCUT2D eigenvalue weighted by atomic mass is 28.4. The van der Waals surface area contributed by atoms with Crippen LogP contribution in [0.4, 0.5) is 0 Å². The van der Waals surface area contributed by atoms with Gasteiger partial charge in [-0.2, -0.15) is 19.6 Å². The van der Waals surface area contributed by atoms with E-state index >= 15 is 0 Å². The van der Waals surface area contributed by atoms with Crippen LogP contribution in [-0.2, 0) is 33.5 Å². The van der Waals surface area contributed by atoms with Crippen LogP contribution in [0.1, 0.15) is 111 Å². The molecule has 2 spiro atoms. The molecule has 228 valence electrons. The van der Waals surface area contributed by atoms with Gasteiger partial charge in [-0.3, -0.25) is 4.79 Å². The summed E-state index contributed by atoms with van der Waals surface area (Å²) in [6.45, 7) is 12.8. The van der Waals surface area contributed by atoms with Gasteiger partial charge in [-0.25, -0.2) is 0 Å². The monoisotopic (exact) mass is 578 g/mol. The lowest BCUT2D eigenvalue weighted by Crippen LogP contribution is -2.64. The van der Waals surface area contributed by atoms with Gasteiger partial charge in [0.05, 0.1) is 12.5 Å². The predicted molar refractivity (Wildman–Crippen MR) is 155 cm³/mol. The van der Waals surface area contributed by atoms with Crippen LogP contribution in [0, 0.1) is 29.6 Å². The summed E-state index contributed by atoms with van der Waals surface area (Å²) in [7, 11) is -1.62. The van der Waals surface area contributed by atoms with E-state index in [1.807, 2.05) is 0 Å². The smallest absolute Gasteiger partial charge is 0.308 e. The van der Waals surface area contributed by atoms with Gasteiger partial charge < -0.3 is 9.16 Å². The van der Waals surface area contributed by atoms with Crippen LogP contribution >= 0.6 is 0 Å². The van der Waals surface area contributed by atoms with Crippen molar-refractivity contribution in [2.24, 2.45) is 29.6 Å². The number of carbonyl (C=O) groups is 1. The van der Waals surface area contributed by atoms with Crippen molar-refractivity contribution in [3.8, 4) is 0 Å². The molecule has 5 aliphatic carbocycles. The molecule has 5 saturated carbocycles. The lowest BCUT2D eigenvalue weighted by molar-refractivity contribution is -0.680. The normalized spacial score (nSPS) is 37.6. The molecule has 1 aliphatic heterocycles. The van der Waals surface area contributed by atoms with E-state index in [0.717, 1.165) is 63.4 Å². The second-order valence-corrected chi connectivity index (χ2v) is 19.7. The van der Waals surface area contributed by atoms with E-state index in [9.17, 15) is 4.79 Å². The maximum Gasteiger partial charge on any atom is 0.308 e. The Hall–Kier alpha value is -0.773. The summed E-state index contributed by atoms with van der Waals surface area (Å²) >= 11 is 0. The van der Waals surface area contributed by atoms with Crippen molar-refractivity contribution in [3.05, 3.63) is 12.2 Å². The minimum absolute atomic E-state index is 0.111. The number of hydrogen-bond donors (Lipinski definition) is 0. The van der Waals surface area contributed by atoms with Gasteiger partial charge in [0.15, 0.2) is 8.32 Å². The molecule has 6 rings (SSSR count). The molecule has 0 N–H and O–H groups in total. The van der Waals surface area contributed by atoms with E-state index in [-0.39, 0.29) is 16.9 Å². The number of carbonyl (C=O) groups excluding carboxylic acids is 1. The van der Waals surface area contributed by atoms with E-state index in [4.69, 9.17) is 28.7 Å². The molecule has 6 aliphatic rings. The molecule has 6 fully saturated rings. The Kier molecular flexibility index (Phi) is 9.55. The summed E-state index contributed by atoms with van der Waals surface area (Å²) < 4.78 is 11.8. The van der Waals surface area contributed by atoms with Crippen molar-refractivity contribution in [1.29, 1.82) is 0 Å². The standard InChI is InChI=1S/C32H54O7Si/c1-30(2,3)40(4,5)35-18-12-10-8-6-7-9-11-17-34-29(33)26-13-15-31(16-14-26)36-38-32(39-37-31)27-20-24-19-25(22-27)23-28(32)21-24/h7,9,24-28H,6,8,10-23H2,1-5H3/b9-7+. The molecule has 4 bridgehead atoms. The second kappa shape index (κ2) is 12.5. The average molecular weight is 579 g/mol. The predicted octanol–water partition coefficient (Wildman–Crippen LogP) is 8.01. The molecule has 7 nitrogen and oxygen atoms in total. The minimum atomic E-state index is -1.62. The van der Waals surface area contributed by atoms with Gasteiger partial charge in [-0.05, 0) is 101 Å². The van der Waals surface area contributed by atoms with Crippen LogP contribution in [0.2, 0.25) is 18.1 Å². The molecule has 0 aromatic carbocycles. The molecule has 1 heterocycles. The van der Waals surface area contributed by atoms with Crippen molar-refractivity contribution >= 4 is 14.3 Å². The molecular weight excluding hydrogens is 524 g/mol. The highest BCUT2D eigenvalue weighted by Gasteiger charge is 2.64. The van der Waals surface area contributed by atoms with E-state index in [1.165, 1.54) is 19.3 Å². The third kappa shape index (κ3) is 6.73. The topological polar surface area (TPSA) is 72.5 Å². The number of unbranched alkanes of at least 4 members (excludes halogenated alkanes) is 3. The molecular formula is C32H54O7Si. The van der Waals surface area contributed by atoms with Crippen molar-refractivity contribution in [2.75, 3.05) is 13.2 Å². The van der Waals surface area contributed by atoms with Gasteiger partial charge in [0, 0.05) is 31.3 Å². The average Bonchev–Trinajstić information content (AvgIpc) is 2.91. The SMILES string of the molecule is CC(C)(C)[Si](C)(C)OCCCCC/C=C/CCOC(=O)C1CCC2(CC1)OOC1(OO2)C2CC3CC(C2)CC1C3. The third-order valence-corrected chi connectivity index (χ3v) is 15.5. The zero-order valence-electron chi connectivity index (χ0n) is 25.7. The Morgan fingerprint density at radius 1 is 0.825 bits per heavy atom. The highest BCUT2D eigenvalue weighted by molar-refractivity contribution is 6.74.